The number of likely N-dealkylation sites (tertiary alicyclic amines) is 1. The number of hydrogen-bond acceptors (Lipinski definition) is 5. The summed E-state index contributed by atoms with van der Waals surface area (Å²) in [4.78, 5) is 13.7. The van der Waals surface area contributed by atoms with Crippen molar-refractivity contribution in [3.05, 3.63) is 83.6 Å². The molecular formula is C25H26N2O3. The molecule has 1 aliphatic heterocycles. The van der Waals surface area contributed by atoms with Gasteiger partial charge in [-0.1, -0.05) is 59.8 Å². The highest BCUT2D eigenvalue weighted by Gasteiger charge is 2.25. The number of esters is 1. The van der Waals surface area contributed by atoms with Crippen LogP contribution in [-0.4, -0.2) is 36.2 Å². The Morgan fingerprint density at radius 2 is 2.00 bits per heavy atom. The molecule has 0 amide bonds. The van der Waals surface area contributed by atoms with E-state index in [0.29, 0.717) is 5.92 Å². The summed E-state index contributed by atoms with van der Waals surface area (Å²) in [5.74, 6) is 0.995. The molecule has 3 aromatic rings. The highest BCUT2D eigenvalue weighted by molar-refractivity contribution is 5.86. The predicted octanol–water partition coefficient (Wildman–Crippen LogP) is 4.91. The summed E-state index contributed by atoms with van der Waals surface area (Å²) in [5.41, 5.74) is 4.23. The molecule has 30 heavy (non-hydrogen) atoms. The molecule has 1 atom stereocenters. The minimum Gasteiger partial charge on any atom is -0.466 e. The van der Waals surface area contributed by atoms with Crippen LogP contribution < -0.4 is 0 Å². The van der Waals surface area contributed by atoms with E-state index < -0.39 is 0 Å². The number of hydrogen-bond donors (Lipinski definition) is 0. The molecule has 154 valence electrons. The molecule has 2 aromatic carbocycles. The van der Waals surface area contributed by atoms with Crippen LogP contribution >= 0.6 is 0 Å². The van der Waals surface area contributed by atoms with Gasteiger partial charge in [-0.2, -0.15) is 0 Å². The Balaban J connectivity index is 1.37. The molecule has 0 spiro atoms. The first kappa shape index (κ1) is 20.1. The van der Waals surface area contributed by atoms with E-state index in [9.17, 15) is 4.79 Å². The lowest BCUT2D eigenvalue weighted by atomic mass is 9.94. The van der Waals surface area contributed by atoms with E-state index in [2.05, 4.69) is 45.1 Å². The molecule has 1 saturated heterocycles. The first-order valence-corrected chi connectivity index (χ1v) is 10.3. The zero-order valence-corrected chi connectivity index (χ0v) is 17.2. The Kier molecular flexibility index (Phi) is 6.40. The summed E-state index contributed by atoms with van der Waals surface area (Å²) in [5, 5.41) is 4.28. The predicted molar refractivity (Wildman–Crippen MR) is 117 cm³/mol. The van der Waals surface area contributed by atoms with Gasteiger partial charge >= 0.3 is 5.97 Å². The molecule has 1 aromatic heterocycles. The summed E-state index contributed by atoms with van der Waals surface area (Å²) < 4.78 is 10.3. The SMILES string of the molecule is COC(=O)/C=C/c1ccc(CN2CCCC(c3cc(-c4ccccc4)no3)C2)cc1. The first-order valence-electron chi connectivity index (χ1n) is 10.3. The van der Waals surface area contributed by atoms with E-state index in [1.54, 1.807) is 6.08 Å². The van der Waals surface area contributed by atoms with E-state index in [1.165, 1.54) is 18.7 Å². The van der Waals surface area contributed by atoms with E-state index >= 15 is 0 Å². The van der Waals surface area contributed by atoms with Gasteiger partial charge in [0.05, 0.1) is 7.11 Å². The van der Waals surface area contributed by atoms with Gasteiger partial charge < -0.3 is 9.26 Å². The van der Waals surface area contributed by atoms with Crippen molar-refractivity contribution in [3.8, 4) is 11.3 Å². The average Bonchev–Trinajstić information content (AvgIpc) is 3.30. The molecule has 5 heteroatoms. The Morgan fingerprint density at radius 1 is 1.20 bits per heavy atom. The van der Waals surface area contributed by atoms with Crippen LogP contribution in [0.1, 0.15) is 35.6 Å². The number of rotatable bonds is 6. The minimum atomic E-state index is -0.346. The fourth-order valence-corrected chi connectivity index (χ4v) is 3.88. The van der Waals surface area contributed by atoms with Gasteiger partial charge in [0.25, 0.3) is 0 Å². The lowest BCUT2D eigenvalue weighted by Crippen LogP contribution is -2.33. The number of piperidine rings is 1. The molecule has 1 aliphatic rings. The molecule has 0 bridgehead atoms. The van der Waals surface area contributed by atoms with Crippen molar-refractivity contribution in [2.24, 2.45) is 0 Å². The third-order valence-electron chi connectivity index (χ3n) is 5.50. The van der Waals surface area contributed by atoms with E-state index in [4.69, 9.17) is 4.52 Å². The summed E-state index contributed by atoms with van der Waals surface area (Å²) in [7, 11) is 1.38. The number of methoxy groups -OCH3 is 1. The molecular weight excluding hydrogens is 376 g/mol. The van der Waals surface area contributed by atoms with E-state index in [-0.39, 0.29) is 5.97 Å². The maximum atomic E-state index is 11.2. The molecule has 2 heterocycles. The second-order valence-electron chi connectivity index (χ2n) is 7.65. The van der Waals surface area contributed by atoms with Crippen LogP contribution in [-0.2, 0) is 16.1 Å². The lowest BCUT2D eigenvalue weighted by molar-refractivity contribution is -0.134. The van der Waals surface area contributed by atoms with Crippen molar-refractivity contribution < 1.29 is 14.1 Å². The highest BCUT2D eigenvalue weighted by Crippen LogP contribution is 2.30. The van der Waals surface area contributed by atoms with Gasteiger partial charge in [0.15, 0.2) is 0 Å². The summed E-state index contributed by atoms with van der Waals surface area (Å²) in [6, 6.07) is 20.5. The van der Waals surface area contributed by atoms with Gasteiger partial charge in [-0.3, -0.25) is 4.90 Å². The van der Waals surface area contributed by atoms with Crippen molar-refractivity contribution in [3.63, 3.8) is 0 Å². The second-order valence-corrected chi connectivity index (χ2v) is 7.65. The lowest BCUT2D eigenvalue weighted by Gasteiger charge is -2.31. The van der Waals surface area contributed by atoms with Crippen molar-refractivity contribution in [2.75, 3.05) is 20.2 Å². The van der Waals surface area contributed by atoms with Crippen molar-refractivity contribution >= 4 is 12.0 Å². The number of aromatic nitrogens is 1. The Morgan fingerprint density at radius 3 is 2.77 bits per heavy atom. The van der Waals surface area contributed by atoms with Crippen LogP contribution in [0.25, 0.3) is 17.3 Å². The van der Waals surface area contributed by atoms with Gasteiger partial charge in [-0.15, -0.1) is 0 Å². The zero-order chi connectivity index (χ0) is 20.8. The maximum Gasteiger partial charge on any atom is 0.330 e. The second kappa shape index (κ2) is 9.55. The van der Waals surface area contributed by atoms with E-state index in [0.717, 1.165) is 55.1 Å². The molecule has 4 rings (SSSR count). The Bertz CT molecular complexity index is 993. The monoisotopic (exact) mass is 402 g/mol. The number of carbonyl (C=O) groups is 1. The van der Waals surface area contributed by atoms with Crippen LogP contribution in [0.4, 0.5) is 0 Å². The molecule has 1 fully saturated rings. The normalized spacial score (nSPS) is 17.3. The number of nitrogens with zero attached hydrogens (tertiary/aromatic N) is 2. The maximum absolute atomic E-state index is 11.2. The summed E-state index contributed by atoms with van der Waals surface area (Å²) in [6.07, 6.45) is 5.47. The van der Waals surface area contributed by atoms with Gasteiger partial charge in [0.1, 0.15) is 11.5 Å². The Labute approximate surface area is 176 Å². The third-order valence-corrected chi connectivity index (χ3v) is 5.50. The standard InChI is InChI=1S/C25H26N2O3/c1-29-25(28)14-13-19-9-11-20(12-10-19)17-27-15-5-8-22(18-27)24-16-23(26-30-24)21-6-3-2-4-7-21/h2-4,6-7,9-14,16,22H,5,8,15,17-18H2,1H3/b14-13+. The molecule has 0 radical (unpaired) electrons. The van der Waals surface area contributed by atoms with Gasteiger partial charge in [0, 0.05) is 36.7 Å². The van der Waals surface area contributed by atoms with Crippen LogP contribution in [0, 0.1) is 0 Å². The quantitative estimate of drug-likeness (QED) is 0.433. The third kappa shape index (κ3) is 5.05. The number of ether oxygens (including phenoxy) is 1. The van der Waals surface area contributed by atoms with Crippen LogP contribution in [0.15, 0.2) is 71.3 Å². The number of carbonyl (C=O) groups excluding carboxylic acids is 1. The fraction of sp³-hybridized carbons (Fsp3) is 0.280. The summed E-state index contributed by atoms with van der Waals surface area (Å²) >= 11 is 0. The molecule has 5 nitrogen and oxygen atoms in total. The minimum absolute atomic E-state index is 0.346. The fourth-order valence-electron chi connectivity index (χ4n) is 3.88. The van der Waals surface area contributed by atoms with Crippen LogP contribution in [0.5, 0.6) is 0 Å². The highest BCUT2D eigenvalue weighted by atomic mass is 16.5. The van der Waals surface area contributed by atoms with Crippen molar-refractivity contribution in [1.29, 1.82) is 0 Å². The summed E-state index contributed by atoms with van der Waals surface area (Å²) in [6.45, 7) is 2.95. The zero-order valence-electron chi connectivity index (χ0n) is 17.2. The van der Waals surface area contributed by atoms with Crippen LogP contribution in [0.3, 0.4) is 0 Å². The van der Waals surface area contributed by atoms with Crippen LogP contribution in [0.2, 0.25) is 0 Å². The van der Waals surface area contributed by atoms with Crippen molar-refractivity contribution in [2.45, 2.75) is 25.3 Å². The first-order chi connectivity index (χ1) is 14.7. The molecule has 0 N–H and O–H groups in total. The van der Waals surface area contributed by atoms with Gasteiger partial charge in [-0.25, -0.2) is 4.79 Å². The average molecular weight is 402 g/mol. The molecule has 0 aliphatic carbocycles. The smallest absolute Gasteiger partial charge is 0.330 e. The molecule has 1 unspecified atom stereocenters. The Hall–Kier alpha value is -3.18. The topological polar surface area (TPSA) is 55.6 Å². The van der Waals surface area contributed by atoms with Gasteiger partial charge in [-0.05, 0) is 36.6 Å². The largest absolute Gasteiger partial charge is 0.466 e. The van der Waals surface area contributed by atoms with Gasteiger partial charge in [0.2, 0.25) is 0 Å². The van der Waals surface area contributed by atoms with E-state index in [1.807, 2.05) is 30.3 Å². The number of benzene rings is 2. The van der Waals surface area contributed by atoms with Crippen molar-refractivity contribution in [1.82, 2.24) is 10.1 Å². The molecule has 0 saturated carbocycles.